The topological polar surface area (TPSA) is 81.6 Å². The minimum Gasteiger partial charge on any atom is -0.496 e. The summed E-state index contributed by atoms with van der Waals surface area (Å²) in [5.41, 5.74) is 1.36. The summed E-state index contributed by atoms with van der Waals surface area (Å²) in [7, 11) is 6.34. The first-order valence-electron chi connectivity index (χ1n) is 9.40. The zero-order valence-electron chi connectivity index (χ0n) is 17.2. The molecule has 1 saturated heterocycles. The predicted molar refractivity (Wildman–Crippen MR) is 107 cm³/mol. The van der Waals surface area contributed by atoms with Gasteiger partial charge in [0.05, 0.1) is 34.0 Å². The van der Waals surface area contributed by atoms with Gasteiger partial charge in [-0.25, -0.2) is 4.79 Å². The normalized spacial score (nSPS) is 16.9. The number of aliphatic imine (C=N–C) groups is 1. The van der Waals surface area contributed by atoms with Crippen molar-refractivity contribution in [2.45, 2.75) is 13.0 Å². The Labute approximate surface area is 166 Å². The van der Waals surface area contributed by atoms with Crippen LogP contribution in [0.1, 0.15) is 22.3 Å². The van der Waals surface area contributed by atoms with E-state index in [-0.39, 0.29) is 0 Å². The number of nitrogens with one attached hydrogen (secondary N) is 1. The highest BCUT2D eigenvalue weighted by atomic mass is 16.5. The van der Waals surface area contributed by atoms with Crippen molar-refractivity contribution in [2.24, 2.45) is 10.9 Å². The van der Waals surface area contributed by atoms with Crippen LogP contribution in [0.4, 0.5) is 0 Å². The van der Waals surface area contributed by atoms with Crippen LogP contribution in [0.5, 0.6) is 5.75 Å². The lowest BCUT2D eigenvalue weighted by Gasteiger charge is -2.22. The Kier molecular flexibility index (Phi) is 9.03. The molecule has 0 amide bonds. The molecule has 0 bridgehead atoms. The van der Waals surface area contributed by atoms with Gasteiger partial charge < -0.3 is 29.2 Å². The summed E-state index contributed by atoms with van der Waals surface area (Å²) >= 11 is 0. The summed E-state index contributed by atoms with van der Waals surface area (Å²) in [6.45, 7) is 4.37. The van der Waals surface area contributed by atoms with Crippen molar-refractivity contribution in [3.63, 3.8) is 0 Å². The van der Waals surface area contributed by atoms with Crippen LogP contribution in [-0.2, 0) is 20.8 Å². The summed E-state index contributed by atoms with van der Waals surface area (Å²) in [4.78, 5) is 18.6. The SMILES string of the molecule is CN=C(NCc1ccc(OC)c(C(=O)OC)c1)N1CCC(COCCOC)C1. The number of nitrogens with zero attached hydrogens (tertiary/aromatic N) is 2. The van der Waals surface area contributed by atoms with Gasteiger partial charge in [-0.05, 0) is 24.1 Å². The molecule has 1 aromatic rings. The molecule has 1 unspecified atom stereocenters. The van der Waals surface area contributed by atoms with E-state index in [1.165, 1.54) is 14.2 Å². The fourth-order valence-corrected chi connectivity index (χ4v) is 3.20. The van der Waals surface area contributed by atoms with Crippen LogP contribution >= 0.6 is 0 Å². The third kappa shape index (κ3) is 6.10. The molecule has 1 atom stereocenters. The molecule has 0 radical (unpaired) electrons. The number of carbonyl (C=O) groups is 1. The lowest BCUT2D eigenvalue weighted by atomic mass is 10.1. The van der Waals surface area contributed by atoms with Crippen LogP contribution in [0.2, 0.25) is 0 Å². The number of hydrogen-bond donors (Lipinski definition) is 1. The summed E-state index contributed by atoms with van der Waals surface area (Å²) in [6.07, 6.45) is 1.07. The van der Waals surface area contributed by atoms with Gasteiger partial charge in [0.1, 0.15) is 11.3 Å². The van der Waals surface area contributed by atoms with E-state index in [2.05, 4.69) is 15.2 Å². The maximum absolute atomic E-state index is 11.9. The van der Waals surface area contributed by atoms with Gasteiger partial charge in [0.15, 0.2) is 5.96 Å². The van der Waals surface area contributed by atoms with Crippen LogP contribution in [0.3, 0.4) is 0 Å². The molecule has 1 heterocycles. The fourth-order valence-electron chi connectivity index (χ4n) is 3.20. The van der Waals surface area contributed by atoms with E-state index in [1.54, 1.807) is 26.3 Å². The molecule has 0 aromatic heterocycles. The van der Waals surface area contributed by atoms with E-state index < -0.39 is 5.97 Å². The molecule has 1 aliphatic rings. The third-order valence-electron chi connectivity index (χ3n) is 4.70. The minimum atomic E-state index is -0.418. The Morgan fingerprint density at radius 1 is 1.29 bits per heavy atom. The van der Waals surface area contributed by atoms with Gasteiger partial charge >= 0.3 is 5.97 Å². The van der Waals surface area contributed by atoms with Crippen LogP contribution in [0, 0.1) is 5.92 Å². The van der Waals surface area contributed by atoms with Gasteiger partial charge in [-0.2, -0.15) is 0 Å². The summed E-state index contributed by atoms with van der Waals surface area (Å²) in [5.74, 6) is 1.41. The zero-order chi connectivity index (χ0) is 20.4. The maximum atomic E-state index is 11.9. The van der Waals surface area contributed by atoms with Crippen LogP contribution in [-0.4, -0.2) is 78.1 Å². The first-order valence-corrected chi connectivity index (χ1v) is 9.40. The largest absolute Gasteiger partial charge is 0.496 e. The molecule has 1 fully saturated rings. The highest BCUT2D eigenvalue weighted by Gasteiger charge is 2.25. The maximum Gasteiger partial charge on any atom is 0.341 e. The van der Waals surface area contributed by atoms with Crippen molar-refractivity contribution >= 4 is 11.9 Å². The van der Waals surface area contributed by atoms with Crippen LogP contribution < -0.4 is 10.1 Å². The number of benzene rings is 1. The number of ether oxygens (including phenoxy) is 4. The van der Waals surface area contributed by atoms with E-state index in [9.17, 15) is 4.79 Å². The zero-order valence-corrected chi connectivity index (χ0v) is 17.2. The molecule has 8 nitrogen and oxygen atoms in total. The molecular formula is C20H31N3O5. The van der Waals surface area contributed by atoms with Crippen molar-refractivity contribution in [3.05, 3.63) is 29.3 Å². The molecule has 28 heavy (non-hydrogen) atoms. The monoisotopic (exact) mass is 393 g/mol. The standard InChI is InChI=1S/C20H31N3O5/c1-21-20(23-8-7-16(13-23)14-28-10-9-25-2)22-12-15-5-6-18(26-3)17(11-15)19(24)27-4/h5-6,11,16H,7-10,12-14H2,1-4H3,(H,21,22). The second-order valence-electron chi connectivity index (χ2n) is 6.60. The molecule has 2 rings (SSSR count). The van der Waals surface area contributed by atoms with Crippen molar-refractivity contribution < 1.29 is 23.7 Å². The van der Waals surface area contributed by atoms with Crippen LogP contribution in [0.25, 0.3) is 0 Å². The molecule has 1 aromatic carbocycles. The lowest BCUT2D eigenvalue weighted by Crippen LogP contribution is -2.39. The molecule has 0 aliphatic carbocycles. The smallest absolute Gasteiger partial charge is 0.341 e. The quantitative estimate of drug-likeness (QED) is 0.295. The van der Waals surface area contributed by atoms with Gasteiger partial charge in [-0.1, -0.05) is 6.07 Å². The Morgan fingerprint density at radius 2 is 2.11 bits per heavy atom. The lowest BCUT2D eigenvalue weighted by molar-refractivity contribution is 0.0536. The van der Waals surface area contributed by atoms with Crippen molar-refractivity contribution in [1.82, 2.24) is 10.2 Å². The number of esters is 1. The predicted octanol–water partition coefficient (Wildman–Crippen LogP) is 1.54. The molecule has 156 valence electrons. The molecule has 1 N–H and O–H groups in total. The molecule has 0 saturated carbocycles. The minimum absolute atomic E-state index is 0.411. The average molecular weight is 393 g/mol. The third-order valence-corrected chi connectivity index (χ3v) is 4.70. The first-order chi connectivity index (χ1) is 13.6. The van der Waals surface area contributed by atoms with E-state index in [1.807, 2.05) is 6.07 Å². The molecule has 1 aliphatic heterocycles. The van der Waals surface area contributed by atoms with Gasteiger partial charge in [0.2, 0.25) is 0 Å². The van der Waals surface area contributed by atoms with Crippen molar-refractivity contribution in [1.29, 1.82) is 0 Å². The summed E-state index contributed by atoms with van der Waals surface area (Å²) in [6, 6.07) is 5.47. The van der Waals surface area contributed by atoms with E-state index in [0.717, 1.165) is 37.6 Å². The fraction of sp³-hybridized carbons (Fsp3) is 0.600. The highest BCUT2D eigenvalue weighted by Crippen LogP contribution is 2.21. The second kappa shape index (κ2) is 11.5. The number of guanidine groups is 1. The Morgan fingerprint density at radius 3 is 2.79 bits per heavy atom. The van der Waals surface area contributed by atoms with Crippen molar-refractivity contribution in [3.8, 4) is 5.75 Å². The number of carbonyl (C=O) groups excluding carboxylic acids is 1. The van der Waals surface area contributed by atoms with Gasteiger partial charge in [0.25, 0.3) is 0 Å². The van der Waals surface area contributed by atoms with E-state index in [4.69, 9.17) is 18.9 Å². The molecular weight excluding hydrogens is 362 g/mol. The Hall–Kier alpha value is -2.32. The number of methoxy groups -OCH3 is 3. The molecule has 8 heteroatoms. The van der Waals surface area contributed by atoms with Gasteiger partial charge in [-0.15, -0.1) is 0 Å². The Bertz CT molecular complexity index is 665. The average Bonchev–Trinajstić information content (AvgIpc) is 3.19. The van der Waals surface area contributed by atoms with Crippen LogP contribution in [0.15, 0.2) is 23.2 Å². The van der Waals surface area contributed by atoms with E-state index >= 15 is 0 Å². The number of likely N-dealkylation sites (tertiary alicyclic amines) is 1. The van der Waals surface area contributed by atoms with Crippen molar-refractivity contribution in [2.75, 3.05) is 61.3 Å². The highest BCUT2D eigenvalue weighted by molar-refractivity contribution is 5.92. The van der Waals surface area contributed by atoms with E-state index in [0.29, 0.717) is 37.0 Å². The first kappa shape index (κ1) is 22.0. The van der Waals surface area contributed by atoms with Gasteiger partial charge in [0, 0.05) is 39.7 Å². The number of rotatable bonds is 9. The summed E-state index contributed by atoms with van der Waals surface area (Å²) in [5, 5.41) is 3.37. The number of hydrogen-bond acceptors (Lipinski definition) is 6. The summed E-state index contributed by atoms with van der Waals surface area (Å²) < 4.78 is 20.7. The Balaban J connectivity index is 1.90. The second-order valence-corrected chi connectivity index (χ2v) is 6.60. The molecule has 0 spiro atoms. The van der Waals surface area contributed by atoms with Gasteiger partial charge in [-0.3, -0.25) is 4.99 Å².